The summed E-state index contributed by atoms with van der Waals surface area (Å²) in [6.07, 6.45) is 1.74. The Balaban J connectivity index is 2.26. The SMILES string of the molecule is N#Cc1ccc(Cl)c(NS(=O)(=O)N2CCCC2)c1. The van der Waals surface area contributed by atoms with Crippen molar-refractivity contribution in [3.63, 3.8) is 0 Å². The zero-order chi connectivity index (χ0) is 13.2. The van der Waals surface area contributed by atoms with E-state index in [1.54, 1.807) is 0 Å². The van der Waals surface area contributed by atoms with E-state index in [1.165, 1.54) is 22.5 Å². The lowest BCUT2D eigenvalue weighted by atomic mass is 10.2. The van der Waals surface area contributed by atoms with E-state index >= 15 is 0 Å². The Morgan fingerprint density at radius 3 is 2.61 bits per heavy atom. The van der Waals surface area contributed by atoms with Gasteiger partial charge in [0.2, 0.25) is 0 Å². The molecule has 96 valence electrons. The van der Waals surface area contributed by atoms with Gasteiger partial charge in [0.05, 0.1) is 22.3 Å². The first-order chi connectivity index (χ1) is 8.53. The number of rotatable bonds is 3. The summed E-state index contributed by atoms with van der Waals surface area (Å²) >= 11 is 5.91. The predicted octanol–water partition coefficient (Wildman–Crippen LogP) is 1.96. The molecule has 0 saturated carbocycles. The van der Waals surface area contributed by atoms with Crippen LogP contribution in [0.25, 0.3) is 0 Å². The van der Waals surface area contributed by atoms with Gasteiger partial charge in [-0.3, -0.25) is 4.72 Å². The first-order valence-electron chi connectivity index (χ1n) is 5.50. The predicted molar refractivity (Wildman–Crippen MR) is 69.5 cm³/mol. The highest BCUT2D eigenvalue weighted by molar-refractivity contribution is 7.90. The van der Waals surface area contributed by atoms with Crippen LogP contribution in [-0.2, 0) is 10.2 Å². The standard InChI is InChI=1S/C11H12ClN3O2S/c12-10-4-3-9(8-13)7-11(10)14-18(16,17)15-5-1-2-6-15/h3-4,7,14H,1-2,5-6H2. The fourth-order valence-electron chi connectivity index (χ4n) is 1.81. The average molecular weight is 286 g/mol. The maximum atomic E-state index is 12.0. The third-order valence-electron chi connectivity index (χ3n) is 2.74. The van der Waals surface area contributed by atoms with Crippen LogP contribution in [0.5, 0.6) is 0 Å². The summed E-state index contributed by atoms with van der Waals surface area (Å²) in [5, 5.41) is 9.06. The fourth-order valence-corrected chi connectivity index (χ4v) is 3.34. The van der Waals surface area contributed by atoms with Crippen molar-refractivity contribution < 1.29 is 8.42 Å². The number of benzene rings is 1. The van der Waals surface area contributed by atoms with Crippen LogP contribution in [0.1, 0.15) is 18.4 Å². The molecule has 1 N–H and O–H groups in total. The van der Waals surface area contributed by atoms with E-state index in [2.05, 4.69) is 4.72 Å². The molecule has 1 fully saturated rings. The molecule has 1 aliphatic rings. The molecule has 0 atom stereocenters. The van der Waals surface area contributed by atoms with Crippen molar-refractivity contribution in [1.82, 2.24) is 4.31 Å². The summed E-state index contributed by atoms with van der Waals surface area (Å²) in [6, 6.07) is 6.41. The van der Waals surface area contributed by atoms with Crippen molar-refractivity contribution in [3.8, 4) is 6.07 Å². The third-order valence-corrected chi connectivity index (χ3v) is 4.59. The maximum Gasteiger partial charge on any atom is 0.301 e. The Kier molecular flexibility index (Phi) is 3.76. The van der Waals surface area contributed by atoms with Crippen molar-refractivity contribution in [3.05, 3.63) is 28.8 Å². The summed E-state index contributed by atoms with van der Waals surface area (Å²) in [5.74, 6) is 0. The fraction of sp³-hybridized carbons (Fsp3) is 0.364. The molecule has 1 heterocycles. The zero-order valence-corrected chi connectivity index (χ0v) is 11.1. The van der Waals surface area contributed by atoms with Gasteiger partial charge < -0.3 is 0 Å². The van der Waals surface area contributed by atoms with Gasteiger partial charge in [0, 0.05) is 13.1 Å². The Bertz CT molecular complexity index is 589. The molecular weight excluding hydrogens is 274 g/mol. The Morgan fingerprint density at radius 1 is 1.33 bits per heavy atom. The number of halogens is 1. The lowest BCUT2D eigenvalue weighted by Crippen LogP contribution is -2.33. The molecule has 2 rings (SSSR count). The highest BCUT2D eigenvalue weighted by atomic mass is 35.5. The number of hydrogen-bond acceptors (Lipinski definition) is 3. The van der Waals surface area contributed by atoms with Crippen LogP contribution < -0.4 is 4.72 Å². The molecule has 0 unspecified atom stereocenters. The lowest BCUT2D eigenvalue weighted by molar-refractivity contribution is 0.482. The average Bonchev–Trinajstić information content (AvgIpc) is 2.86. The quantitative estimate of drug-likeness (QED) is 0.923. The minimum absolute atomic E-state index is 0.239. The van der Waals surface area contributed by atoms with Gasteiger partial charge in [-0.25, -0.2) is 0 Å². The molecular formula is C11H12ClN3O2S. The molecule has 0 amide bonds. The molecule has 1 aromatic carbocycles. The van der Waals surface area contributed by atoms with Crippen LogP contribution in [0.4, 0.5) is 5.69 Å². The molecule has 0 spiro atoms. The molecule has 1 aliphatic heterocycles. The van der Waals surface area contributed by atoms with Crippen molar-refractivity contribution in [2.24, 2.45) is 0 Å². The third kappa shape index (κ3) is 2.75. The van der Waals surface area contributed by atoms with Gasteiger partial charge >= 0.3 is 10.2 Å². The number of nitrogens with one attached hydrogen (secondary N) is 1. The number of anilines is 1. The lowest BCUT2D eigenvalue weighted by Gasteiger charge is -2.17. The van der Waals surface area contributed by atoms with Gasteiger partial charge in [0.15, 0.2) is 0 Å². The Morgan fingerprint density at radius 2 is 2.00 bits per heavy atom. The van der Waals surface area contributed by atoms with Gasteiger partial charge in [-0.1, -0.05) is 11.6 Å². The van der Waals surface area contributed by atoms with E-state index in [9.17, 15) is 8.42 Å². The first kappa shape index (κ1) is 13.1. The van der Waals surface area contributed by atoms with Crippen LogP contribution in [0, 0.1) is 11.3 Å². The van der Waals surface area contributed by atoms with E-state index in [4.69, 9.17) is 16.9 Å². The number of nitriles is 1. The molecule has 18 heavy (non-hydrogen) atoms. The molecule has 7 heteroatoms. The first-order valence-corrected chi connectivity index (χ1v) is 7.32. The molecule has 0 aliphatic carbocycles. The summed E-state index contributed by atoms with van der Waals surface area (Å²) in [6.45, 7) is 1.04. The zero-order valence-electron chi connectivity index (χ0n) is 9.56. The minimum Gasteiger partial charge on any atom is -0.269 e. The highest BCUT2D eigenvalue weighted by Crippen LogP contribution is 2.25. The molecule has 1 saturated heterocycles. The second kappa shape index (κ2) is 5.14. The van der Waals surface area contributed by atoms with E-state index in [-0.39, 0.29) is 10.7 Å². The minimum atomic E-state index is -3.57. The van der Waals surface area contributed by atoms with Crippen LogP contribution in [0.15, 0.2) is 18.2 Å². The smallest absolute Gasteiger partial charge is 0.269 e. The highest BCUT2D eigenvalue weighted by Gasteiger charge is 2.25. The second-order valence-corrected chi connectivity index (χ2v) is 6.10. The van der Waals surface area contributed by atoms with Crippen molar-refractivity contribution in [1.29, 1.82) is 5.26 Å². The number of hydrogen-bond donors (Lipinski definition) is 1. The molecule has 1 aromatic rings. The monoisotopic (exact) mass is 285 g/mol. The van der Waals surface area contributed by atoms with Crippen molar-refractivity contribution in [2.45, 2.75) is 12.8 Å². The summed E-state index contributed by atoms with van der Waals surface area (Å²) in [4.78, 5) is 0. The van der Waals surface area contributed by atoms with Crippen LogP contribution in [-0.4, -0.2) is 25.8 Å². The van der Waals surface area contributed by atoms with E-state index in [0.717, 1.165) is 12.8 Å². The maximum absolute atomic E-state index is 12.0. The van der Waals surface area contributed by atoms with Gasteiger partial charge in [0.25, 0.3) is 0 Å². The normalized spacial score (nSPS) is 16.4. The largest absolute Gasteiger partial charge is 0.301 e. The van der Waals surface area contributed by atoms with Crippen LogP contribution >= 0.6 is 11.6 Å². The molecule has 5 nitrogen and oxygen atoms in total. The summed E-state index contributed by atoms with van der Waals surface area (Å²) < 4.78 is 27.9. The van der Waals surface area contributed by atoms with E-state index in [0.29, 0.717) is 18.7 Å². The van der Waals surface area contributed by atoms with Crippen LogP contribution in [0.3, 0.4) is 0 Å². The van der Waals surface area contributed by atoms with Gasteiger partial charge in [-0.15, -0.1) is 0 Å². The molecule has 0 bridgehead atoms. The van der Waals surface area contributed by atoms with Crippen molar-refractivity contribution >= 4 is 27.5 Å². The Hall–Kier alpha value is -1.29. The molecule has 0 radical (unpaired) electrons. The molecule has 0 aromatic heterocycles. The number of nitrogens with zero attached hydrogens (tertiary/aromatic N) is 2. The summed E-state index contributed by atoms with van der Waals surface area (Å²) in [5.41, 5.74) is 0.598. The van der Waals surface area contributed by atoms with Crippen LogP contribution in [0.2, 0.25) is 5.02 Å². The van der Waals surface area contributed by atoms with E-state index in [1.807, 2.05) is 6.07 Å². The summed E-state index contributed by atoms with van der Waals surface area (Å²) in [7, 11) is -3.57. The van der Waals surface area contributed by atoms with Crippen molar-refractivity contribution in [2.75, 3.05) is 17.8 Å². The van der Waals surface area contributed by atoms with Gasteiger partial charge in [-0.2, -0.15) is 18.0 Å². The van der Waals surface area contributed by atoms with E-state index < -0.39 is 10.2 Å². The Labute approximate surface area is 111 Å². The topological polar surface area (TPSA) is 73.2 Å². The van der Waals surface area contributed by atoms with Gasteiger partial charge in [0.1, 0.15) is 0 Å². The van der Waals surface area contributed by atoms with Gasteiger partial charge in [-0.05, 0) is 31.0 Å². The second-order valence-electron chi connectivity index (χ2n) is 4.02.